The van der Waals surface area contributed by atoms with Gasteiger partial charge >= 0.3 is 0 Å². The van der Waals surface area contributed by atoms with E-state index in [-0.39, 0.29) is 5.84 Å². The largest absolute Gasteiger partial charge is 0.409 e. The van der Waals surface area contributed by atoms with Crippen molar-refractivity contribution in [3.05, 3.63) is 29.8 Å². The zero-order valence-electron chi connectivity index (χ0n) is 12.6. The Kier molecular flexibility index (Phi) is 4.21. The van der Waals surface area contributed by atoms with Crippen LogP contribution in [0.2, 0.25) is 0 Å². The number of para-hydroxylation sites is 1. The van der Waals surface area contributed by atoms with E-state index >= 15 is 0 Å². The van der Waals surface area contributed by atoms with Crippen LogP contribution in [-0.2, 0) is 0 Å². The van der Waals surface area contributed by atoms with Crippen molar-refractivity contribution in [3.63, 3.8) is 0 Å². The lowest BCUT2D eigenvalue weighted by Gasteiger charge is -2.40. The third-order valence-corrected chi connectivity index (χ3v) is 4.52. The Morgan fingerprint density at radius 2 is 1.90 bits per heavy atom. The van der Waals surface area contributed by atoms with Gasteiger partial charge in [-0.1, -0.05) is 31.1 Å². The summed E-state index contributed by atoms with van der Waals surface area (Å²) in [5, 5.41) is 12.1. The maximum Gasteiger partial charge on any atom is 0.172 e. The molecule has 1 aliphatic rings. The van der Waals surface area contributed by atoms with Gasteiger partial charge in [-0.15, -0.1) is 0 Å². The summed E-state index contributed by atoms with van der Waals surface area (Å²) in [5.41, 5.74) is 8.07. The summed E-state index contributed by atoms with van der Waals surface area (Å²) in [6, 6.07) is 8.36. The molecule has 0 aliphatic heterocycles. The molecular weight excluding hydrogens is 250 g/mol. The maximum atomic E-state index is 8.92. The van der Waals surface area contributed by atoms with Gasteiger partial charge in [-0.2, -0.15) is 0 Å². The Morgan fingerprint density at radius 3 is 2.50 bits per heavy atom. The summed E-state index contributed by atoms with van der Waals surface area (Å²) < 4.78 is 0. The van der Waals surface area contributed by atoms with Gasteiger partial charge < -0.3 is 15.8 Å². The Bertz CT molecular complexity index is 486. The molecule has 1 saturated carbocycles. The van der Waals surface area contributed by atoms with Crippen LogP contribution in [0.15, 0.2) is 29.4 Å². The number of amidine groups is 1. The molecule has 4 nitrogen and oxygen atoms in total. The topological polar surface area (TPSA) is 61.8 Å². The predicted molar refractivity (Wildman–Crippen MR) is 83.4 cm³/mol. The SMILES string of the molecule is CN(c1ccccc1/C(N)=N/O)C1CCC(C)(C)CC1. The van der Waals surface area contributed by atoms with Crippen molar-refractivity contribution in [1.29, 1.82) is 0 Å². The van der Waals surface area contributed by atoms with Gasteiger partial charge in [-0.3, -0.25) is 0 Å². The van der Waals surface area contributed by atoms with Crippen LogP contribution in [-0.4, -0.2) is 24.1 Å². The molecule has 1 aliphatic carbocycles. The smallest absolute Gasteiger partial charge is 0.172 e. The minimum Gasteiger partial charge on any atom is -0.409 e. The number of hydrogen-bond acceptors (Lipinski definition) is 3. The first-order valence-electron chi connectivity index (χ1n) is 7.24. The molecule has 0 bridgehead atoms. The Labute approximate surface area is 121 Å². The minimum absolute atomic E-state index is 0.170. The highest BCUT2D eigenvalue weighted by molar-refractivity contribution is 6.02. The van der Waals surface area contributed by atoms with Crippen molar-refractivity contribution in [2.45, 2.75) is 45.6 Å². The van der Waals surface area contributed by atoms with Crippen molar-refractivity contribution >= 4 is 11.5 Å². The van der Waals surface area contributed by atoms with Crippen LogP contribution in [0.3, 0.4) is 0 Å². The van der Waals surface area contributed by atoms with Crippen LogP contribution < -0.4 is 10.6 Å². The van der Waals surface area contributed by atoms with E-state index in [2.05, 4.69) is 31.0 Å². The van der Waals surface area contributed by atoms with Gasteiger partial charge in [0.25, 0.3) is 0 Å². The second kappa shape index (κ2) is 5.73. The van der Waals surface area contributed by atoms with Gasteiger partial charge in [-0.25, -0.2) is 0 Å². The summed E-state index contributed by atoms with van der Waals surface area (Å²) in [7, 11) is 2.10. The lowest BCUT2D eigenvalue weighted by Crippen LogP contribution is -2.38. The summed E-state index contributed by atoms with van der Waals surface area (Å²) in [5.74, 6) is 0.170. The zero-order valence-corrected chi connectivity index (χ0v) is 12.6. The molecule has 0 atom stereocenters. The summed E-state index contributed by atoms with van der Waals surface area (Å²) in [6.07, 6.45) is 4.86. The monoisotopic (exact) mass is 275 g/mol. The lowest BCUT2D eigenvalue weighted by molar-refractivity contribution is 0.222. The van der Waals surface area contributed by atoms with Crippen LogP contribution in [0.5, 0.6) is 0 Å². The van der Waals surface area contributed by atoms with Gasteiger partial charge in [0.1, 0.15) is 0 Å². The molecular formula is C16H25N3O. The van der Waals surface area contributed by atoms with Crippen LogP contribution in [0.1, 0.15) is 45.1 Å². The van der Waals surface area contributed by atoms with E-state index < -0.39 is 0 Å². The lowest BCUT2D eigenvalue weighted by atomic mass is 9.75. The fourth-order valence-electron chi connectivity index (χ4n) is 3.02. The van der Waals surface area contributed by atoms with Gasteiger partial charge in [0.05, 0.1) is 0 Å². The molecule has 0 spiro atoms. The van der Waals surface area contributed by atoms with E-state index in [1.807, 2.05) is 24.3 Å². The second-order valence-electron chi connectivity index (χ2n) is 6.51. The molecule has 0 radical (unpaired) electrons. The normalized spacial score (nSPS) is 19.9. The highest BCUT2D eigenvalue weighted by Crippen LogP contribution is 2.38. The van der Waals surface area contributed by atoms with Gasteiger partial charge in [0.15, 0.2) is 5.84 Å². The Morgan fingerprint density at radius 1 is 1.30 bits per heavy atom. The van der Waals surface area contributed by atoms with Crippen LogP contribution in [0.25, 0.3) is 0 Å². The molecule has 0 aromatic heterocycles. The summed E-state index contributed by atoms with van der Waals surface area (Å²) >= 11 is 0. The molecule has 0 unspecified atom stereocenters. The highest BCUT2D eigenvalue weighted by Gasteiger charge is 2.29. The molecule has 0 amide bonds. The number of anilines is 1. The summed E-state index contributed by atoms with van der Waals surface area (Å²) in [6.45, 7) is 4.68. The van der Waals surface area contributed by atoms with E-state index in [0.29, 0.717) is 11.5 Å². The first kappa shape index (κ1) is 14.7. The number of rotatable bonds is 3. The average Bonchev–Trinajstić information content (AvgIpc) is 2.45. The quantitative estimate of drug-likeness (QED) is 0.385. The second-order valence-corrected chi connectivity index (χ2v) is 6.51. The van der Waals surface area contributed by atoms with Crippen molar-refractivity contribution in [1.82, 2.24) is 0 Å². The third kappa shape index (κ3) is 3.06. The van der Waals surface area contributed by atoms with E-state index in [4.69, 9.17) is 10.9 Å². The third-order valence-electron chi connectivity index (χ3n) is 4.52. The molecule has 0 saturated heterocycles. The van der Waals surface area contributed by atoms with Crippen LogP contribution in [0, 0.1) is 5.41 Å². The minimum atomic E-state index is 0.170. The molecule has 1 aromatic carbocycles. The van der Waals surface area contributed by atoms with E-state index in [1.165, 1.54) is 25.7 Å². The van der Waals surface area contributed by atoms with Crippen molar-refractivity contribution in [2.75, 3.05) is 11.9 Å². The van der Waals surface area contributed by atoms with E-state index in [9.17, 15) is 0 Å². The maximum absolute atomic E-state index is 8.92. The van der Waals surface area contributed by atoms with Gasteiger partial charge in [0.2, 0.25) is 0 Å². The fourth-order valence-corrected chi connectivity index (χ4v) is 3.02. The van der Waals surface area contributed by atoms with E-state index in [0.717, 1.165) is 11.3 Å². The first-order valence-corrected chi connectivity index (χ1v) is 7.24. The molecule has 1 fully saturated rings. The summed E-state index contributed by atoms with van der Waals surface area (Å²) in [4.78, 5) is 2.28. The van der Waals surface area contributed by atoms with Crippen molar-refractivity contribution in [3.8, 4) is 0 Å². The molecule has 110 valence electrons. The molecule has 0 heterocycles. The molecule has 1 aromatic rings. The number of oxime groups is 1. The fraction of sp³-hybridized carbons (Fsp3) is 0.562. The Balaban J connectivity index is 2.20. The molecule has 3 N–H and O–H groups in total. The number of nitrogens with zero attached hydrogens (tertiary/aromatic N) is 2. The zero-order chi connectivity index (χ0) is 14.8. The van der Waals surface area contributed by atoms with Crippen molar-refractivity contribution in [2.24, 2.45) is 16.3 Å². The molecule has 4 heteroatoms. The number of benzene rings is 1. The van der Waals surface area contributed by atoms with Gasteiger partial charge in [0, 0.05) is 24.3 Å². The number of hydrogen-bond donors (Lipinski definition) is 2. The Hall–Kier alpha value is -1.71. The average molecular weight is 275 g/mol. The molecule has 2 rings (SSSR count). The molecule has 20 heavy (non-hydrogen) atoms. The highest BCUT2D eigenvalue weighted by atomic mass is 16.4. The predicted octanol–water partition coefficient (Wildman–Crippen LogP) is 3.19. The van der Waals surface area contributed by atoms with Crippen LogP contribution in [0.4, 0.5) is 5.69 Å². The van der Waals surface area contributed by atoms with Crippen LogP contribution >= 0.6 is 0 Å². The number of nitrogens with two attached hydrogens (primary N) is 1. The standard InChI is InChI=1S/C16H25N3O/c1-16(2)10-8-12(9-11-16)19(3)14-7-5-4-6-13(14)15(17)18-20/h4-7,12,20H,8-11H2,1-3H3,(H2,17,18). The van der Waals surface area contributed by atoms with Gasteiger partial charge in [-0.05, 0) is 43.2 Å². The van der Waals surface area contributed by atoms with E-state index in [1.54, 1.807) is 0 Å². The first-order chi connectivity index (χ1) is 9.44. The van der Waals surface area contributed by atoms with Crippen molar-refractivity contribution < 1.29 is 5.21 Å².